The van der Waals surface area contributed by atoms with Crippen molar-refractivity contribution in [3.05, 3.63) is 72.8 Å². The number of benzene rings is 4. The lowest BCUT2D eigenvalue weighted by Crippen LogP contribution is -2.42. The Balaban J connectivity index is 0.000000141. The van der Waals surface area contributed by atoms with Gasteiger partial charge in [-0.05, 0) is 56.5 Å². The third kappa shape index (κ3) is 3.46. The second-order valence-corrected chi connectivity index (χ2v) is 11.5. The number of Topliss-reactive ketones (excluding diaryl/α,β-unsaturated/α-hetero) is 1. The maximum absolute atomic E-state index is 11.9. The third-order valence-electron chi connectivity index (χ3n) is 8.22. The number of hydrogen-bond donors (Lipinski definition) is 1. The molecular weight excluding hydrogens is 432 g/mol. The van der Waals surface area contributed by atoms with E-state index in [-0.39, 0.29) is 17.1 Å². The molecular formula is C28H28O4S. The van der Waals surface area contributed by atoms with Crippen LogP contribution in [0.4, 0.5) is 0 Å². The summed E-state index contributed by atoms with van der Waals surface area (Å²) in [5.41, 5.74) is -1.12. The molecule has 2 saturated carbocycles. The first-order valence-corrected chi connectivity index (χ1v) is 13.0. The zero-order chi connectivity index (χ0) is 23.4. The lowest BCUT2D eigenvalue weighted by atomic mass is 9.70. The monoisotopic (exact) mass is 460 g/mol. The topological polar surface area (TPSA) is 71.4 Å². The van der Waals surface area contributed by atoms with Crippen LogP contribution in [0.25, 0.3) is 32.3 Å². The molecule has 0 heterocycles. The maximum Gasteiger partial charge on any atom is 0.265 e. The smallest absolute Gasteiger partial charge is 0.265 e. The average Bonchev–Trinajstić information content (AvgIpc) is 3.13. The second-order valence-electron chi connectivity index (χ2n) is 10.0. The summed E-state index contributed by atoms with van der Waals surface area (Å²) in [6.07, 6.45) is 1.97. The van der Waals surface area contributed by atoms with Gasteiger partial charge in [0, 0.05) is 6.42 Å². The summed E-state index contributed by atoms with van der Waals surface area (Å²) in [7, 11) is -4.08. The van der Waals surface area contributed by atoms with E-state index in [4.69, 9.17) is 4.55 Å². The Bertz CT molecular complexity index is 1280. The van der Waals surface area contributed by atoms with Crippen LogP contribution in [0.5, 0.6) is 0 Å². The minimum absolute atomic E-state index is 0.0152. The second kappa shape index (κ2) is 7.64. The van der Waals surface area contributed by atoms with E-state index in [0.29, 0.717) is 12.8 Å². The van der Waals surface area contributed by atoms with Crippen LogP contribution in [0.15, 0.2) is 72.8 Å². The molecule has 5 heteroatoms. The highest BCUT2D eigenvalue weighted by Crippen LogP contribution is 2.64. The van der Waals surface area contributed by atoms with Crippen LogP contribution in [0.2, 0.25) is 0 Å². The largest absolute Gasteiger partial charge is 0.299 e. The Morgan fingerprint density at radius 1 is 0.788 bits per heavy atom. The summed E-state index contributed by atoms with van der Waals surface area (Å²) in [6, 6.07) is 26.0. The van der Waals surface area contributed by atoms with Crippen molar-refractivity contribution >= 4 is 48.2 Å². The van der Waals surface area contributed by atoms with Crippen LogP contribution >= 0.6 is 0 Å². The van der Waals surface area contributed by atoms with Crippen LogP contribution < -0.4 is 0 Å². The van der Waals surface area contributed by atoms with Gasteiger partial charge in [0.1, 0.15) is 5.78 Å². The Morgan fingerprint density at radius 3 is 1.39 bits per heavy atom. The lowest BCUT2D eigenvalue weighted by Gasteiger charge is -2.35. The third-order valence-corrected chi connectivity index (χ3v) is 9.08. The van der Waals surface area contributed by atoms with Crippen molar-refractivity contribution in [2.45, 2.75) is 33.1 Å². The number of hydrogen-bond acceptors (Lipinski definition) is 3. The van der Waals surface area contributed by atoms with Crippen molar-refractivity contribution in [2.24, 2.45) is 16.7 Å². The lowest BCUT2D eigenvalue weighted by molar-refractivity contribution is -0.128. The normalized spacial score (nSPS) is 23.7. The highest BCUT2D eigenvalue weighted by molar-refractivity contribution is 7.85. The summed E-state index contributed by atoms with van der Waals surface area (Å²) in [5, 5.41) is 8.04. The van der Waals surface area contributed by atoms with Gasteiger partial charge in [-0.3, -0.25) is 9.35 Å². The van der Waals surface area contributed by atoms with E-state index in [9.17, 15) is 13.2 Å². The molecule has 2 aliphatic rings. The predicted octanol–water partition coefficient (Wildman–Crippen LogP) is 6.42. The van der Waals surface area contributed by atoms with Gasteiger partial charge in [0.2, 0.25) is 0 Å². The fourth-order valence-corrected chi connectivity index (χ4v) is 7.58. The molecule has 4 aromatic carbocycles. The molecule has 2 aliphatic carbocycles. The van der Waals surface area contributed by atoms with Crippen molar-refractivity contribution in [1.82, 2.24) is 0 Å². The van der Waals surface area contributed by atoms with Gasteiger partial charge in [-0.15, -0.1) is 0 Å². The molecule has 2 atom stereocenters. The van der Waals surface area contributed by atoms with Crippen molar-refractivity contribution in [1.29, 1.82) is 0 Å². The Hall–Kier alpha value is -2.76. The van der Waals surface area contributed by atoms with Gasteiger partial charge in [0.15, 0.2) is 0 Å². The van der Waals surface area contributed by atoms with Crippen LogP contribution in [-0.2, 0) is 14.9 Å². The fourth-order valence-electron chi connectivity index (χ4n) is 6.28. The van der Waals surface area contributed by atoms with Gasteiger partial charge in [-0.2, -0.15) is 8.42 Å². The molecule has 2 fully saturated rings. The number of ketones is 1. The summed E-state index contributed by atoms with van der Waals surface area (Å²) in [4.78, 5) is 11.9. The molecule has 1 N–H and O–H groups in total. The molecule has 0 amide bonds. The molecule has 6 rings (SSSR count). The van der Waals surface area contributed by atoms with Gasteiger partial charge in [-0.25, -0.2) is 0 Å². The van der Waals surface area contributed by atoms with Gasteiger partial charge < -0.3 is 0 Å². The number of carbonyl (C=O) groups excluding carboxylic acids is 1. The Kier molecular flexibility index (Phi) is 5.11. The first-order chi connectivity index (χ1) is 15.6. The zero-order valence-electron chi connectivity index (χ0n) is 18.9. The molecule has 0 aliphatic heterocycles. The molecule has 4 nitrogen and oxygen atoms in total. The molecule has 0 spiro atoms. The predicted molar refractivity (Wildman–Crippen MR) is 134 cm³/mol. The van der Waals surface area contributed by atoms with Gasteiger partial charge >= 0.3 is 0 Å². The van der Waals surface area contributed by atoms with Crippen LogP contribution in [0.1, 0.15) is 33.1 Å². The van der Waals surface area contributed by atoms with E-state index < -0.39 is 21.3 Å². The summed E-state index contributed by atoms with van der Waals surface area (Å²) in [5.74, 6) is -0.101. The summed E-state index contributed by atoms with van der Waals surface area (Å²) >= 11 is 0. The number of rotatable bonds is 2. The minimum atomic E-state index is -4.08. The Morgan fingerprint density at radius 2 is 1.15 bits per heavy atom. The molecule has 33 heavy (non-hydrogen) atoms. The van der Waals surface area contributed by atoms with Gasteiger partial charge in [-0.1, -0.05) is 86.6 Å². The highest BCUT2D eigenvalue weighted by atomic mass is 32.2. The number of fused-ring (bicyclic) bond motifs is 8. The molecule has 0 saturated heterocycles. The van der Waals surface area contributed by atoms with Crippen LogP contribution in [0.3, 0.4) is 0 Å². The van der Waals surface area contributed by atoms with Crippen molar-refractivity contribution in [2.75, 3.05) is 5.75 Å². The van der Waals surface area contributed by atoms with Crippen LogP contribution in [0, 0.1) is 16.7 Å². The summed E-state index contributed by atoms with van der Waals surface area (Å²) in [6.45, 7) is 3.89. The molecule has 4 aromatic rings. The van der Waals surface area contributed by atoms with Crippen molar-refractivity contribution < 1.29 is 17.8 Å². The zero-order valence-corrected chi connectivity index (χ0v) is 19.7. The molecule has 2 unspecified atom stereocenters. The minimum Gasteiger partial charge on any atom is -0.299 e. The van der Waals surface area contributed by atoms with E-state index >= 15 is 0 Å². The molecule has 0 radical (unpaired) electrons. The first kappa shape index (κ1) is 22.1. The standard InChI is InChI=1S/C18H12.C10H16O4S/c1-2-8-14-13(7-1)15-9-3-4-11-17(15)18-12-6-5-10-16(14)18;1-9(2)7-3-4-10(9,8(11)5-7)6-15(12,13)14/h1-12H;7H,3-6H2,1-2H3,(H,12,13,14). The van der Waals surface area contributed by atoms with Gasteiger partial charge in [0.05, 0.1) is 11.2 Å². The quantitative estimate of drug-likeness (QED) is 0.277. The van der Waals surface area contributed by atoms with E-state index in [0.717, 1.165) is 6.42 Å². The number of carbonyl (C=O) groups is 1. The first-order valence-electron chi connectivity index (χ1n) is 11.4. The van der Waals surface area contributed by atoms with Crippen molar-refractivity contribution in [3.63, 3.8) is 0 Å². The van der Waals surface area contributed by atoms with E-state index in [1.165, 1.54) is 32.3 Å². The summed E-state index contributed by atoms with van der Waals surface area (Å²) < 4.78 is 31.0. The SMILES string of the molecule is CC1(C)C2CCC1(CS(=O)(=O)O)C(=O)C2.c1ccc2c(c1)c1ccccc1c1ccccc21. The highest BCUT2D eigenvalue weighted by Gasteiger charge is 2.65. The van der Waals surface area contributed by atoms with Crippen molar-refractivity contribution in [3.8, 4) is 0 Å². The van der Waals surface area contributed by atoms with E-state index in [1.807, 2.05) is 13.8 Å². The van der Waals surface area contributed by atoms with Gasteiger partial charge in [0.25, 0.3) is 10.1 Å². The van der Waals surface area contributed by atoms with Crippen LogP contribution in [-0.4, -0.2) is 24.5 Å². The van der Waals surface area contributed by atoms with E-state index in [2.05, 4.69) is 72.8 Å². The fraction of sp³-hybridized carbons (Fsp3) is 0.321. The average molecular weight is 461 g/mol. The molecule has 2 bridgehead atoms. The molecule has 170 valence electrons. The maximum atomic E-state index is 11.9. The van der Waals surface area contributed by atoms with E-state index in [1.54, 1.807) is 0 Å². The molecule has 0 aromatic heterocycles. The Labute approximate surface area is 194 Å².